The number of anilines is 1. The summed E-state index contributed by atoms with van der Waals surface area (Å²) in [6.45, 7) is 4.47. The van der Waals surface area contributed by atoms with Crippen LogP contribution in [0.2, 0.25) is 5.02 Å². The summed E-state index contributed by atoms with van der Waals surface area (Å²) >= 11 is 6.02. The summed E-state index contributed by atoms with van der Waals surface area (Å²) in [6, 6.07) is 6.22. The SMILES string of the molecule is CC1CN(C)CCC1n1c(N)nc2cc(Cl)ccc21. The number of halogens is 1. The summed E-state index contributed by atoms with van der Waals surface area (Å²) < 4.78 is 2.18. The van der Waals surface area contributed by atoms with E-state index in [1.807, 2.05) is 18.2 Å². The smallest absolute Gasteiger partial charge is 0.201 e. The van der Waals surface area contributed by atoms with E-state index in [0.717, 1.165) is 30.5 Å². The molecule has 0 spiro atoms. The lowest BCUT2D eigenvalue weighted by molar-refractivity contribution is 0.162. The van der Waals surface area contributed by atoms with Crippen LogP contribution in [-0.2, 0) is 0 Å². The van der Waals surface area contributed by atoms with Crippen molar-refractivity contribution in [2.24, 2.45) is 5.92 Å². The van der Waals surface area contributed by atoms with Gasteiger partial charge in [-0.3, -0.25) is 0 Å². The Bertz CT molecular complexity index is 607. The molecule has 1 aromatic carbocycles. The van der Waals surface area contributed by atoms with Gasteiger partial charge in [-0.2, -0.15) is 0 Å². The zero-order valence-corrected chi connectivity index (χ0v) is 12.1. The van der Waals surface area contributed by atoms with Gasteiger partial charge in [-0.05, 0) is 44.1 Å². The molecule has 0 saturated carbocycles. The van der Waals surface area contributed by atoms with E-state index in [4.69, 9.17) is 17.3 Å². The first-order valence-electron chi connectivity index (χ1n) is 6.68. The average molecular weight is 279 g/mol. The highest BCUT2D eigenvalue weighted by molar-refractivity contribution is 6.31. The Morgan fingerprint density at radius 2 is 2.21 bits per heavy atom. The van der Waals surface area contributed by atoms with E-state index in [2.05, 4.69) is 28.4 Å². The summed E-state index contributed by atoms with van der Waals surface area (Å²) in [7, 11) is 2.17. The van der Waals surface area contributed by atoms with Gasteiger partial charge >= 0.3 is 0 Å². The number of benzene rings is 1. The number of piperidine rings is 1. The van der Waals surface area contributed by atoms with E-state index < -0.39 is 0 Å². The van der Waals surface area contributed by atoms with Gasteiger partial charge in [-0.15, -0.1) is 0 Å². The summed E-state index contributed by atoms with van der Waals surface area (Å²) in [4.78, 5) is 6.81. The number of rotatable bonds is 1. The minimum Gasteiger partial charge on any atom is -0.369 e. The number of hydrogen-bond donors (Lipinski definition) is 1. The highest BCUT2D eigenvalue weighted by atomic mass is 35.5. The van der Waals surface area contributed by atoms with Crippen LogP contribution in [0.25, 0.3) is 11.0 Å². The summed E-state index contributed by atoms with van der Waals surface area (Å²) in [5.41, 5.74) is 8.10. The van der Waals surface area contributed by atoms with Crippen molar-refractivity contribution in [2.75, 3.05) is 25.9 Å². The van der Waals surface area contributed by atoms with Crippen LogP contribution < -0.4 is 5.73 Å². The number of imidazole rings is 1. The van der Waals surface area contributed by atoms with Crippen molar-refractivity contribution in [1.82, 2.24) is 14.5 Å². The minimum atomic E-state index is 0.419. The molecule has 0 aliphatic carbocycles. The number of nitrogen functional groups attached to an aromatic ring is 1. The van der Waals surface area contributed by atoms with Crippen molar-refractivity contribution in [3.8, 4) is 0 Å². The first-order valence-corrected chi connectivity index (χ1v) is 7.05. The molecule has 19 heavy (non-hydrogen) atoms. The van der Waals surface area contributed by atoms with Gasteiger partial charge in [0.2, 0.25) is 5.95 Å². The Morgan fingerprint density at radius 1 is 1.42 bits per heavy atom. The van der Waals surface area contributed by atoms with Gasteiger partial charge in [-0.1, -0.05) is 18.5 Å². The fraction of sp³-hybridized carbons (Fsp3) is 0.500. The van der Waals surface area contributed by atoms with Gasteiger partial charge in [0.25, 0.3) is 0 Å². The molecule has 2 heterocycles. The third kappa shape index (κ3) is 2.19. The number of aromatic nitrogens is 2. The van der Waals surface area contributed by atoms with Crippen LogP contribution in [0.5, 0.6) is 0 Å². The molecule has 0 amide bonds. The number of hydrogen-bond acceptors (Lipinski definition) is 3. The standard InChI is InChI=1S/C14H19ClN4/c1-9-8-18(2)6-5-12(9)19-13-4-3-10(15)7-11(13)17-14(19)16/h3-4,7,9,12H,5-6,8H2,1-2H3,(H2,16,17). The molecule has 1 fully saturated rings. The summed E-state index contributed by atoms with van der Waals surface area (Å²) in [6.07, 6.45) is 1.11. The zero-order chi connectivity index (χ0) is 13.6. The van der Waals surface area contributed by atoms with Crippen LogP contribution in [0.3, 0.4) is 0 Å². The Morgan fingerprint density at radius 3 is 2.95 bits per heavy atom. The van der Waals surface area contributed by atoms with Gasteiger partial charge in [0, 0.05) is 17.6 Å². The first-order chi connectivity index (χ1) is 9.06. The highest BCUT2D eigenvalue weighted by Gasteiger charge is 2.28. The molecule has 5 heteroatoms. The molecule has 2 atom stereocenters. The van der Waals surface area contributed by atoms with Gasteiger partial charge in [0.15, 0.2) is 0 Å². The second kappa shape index (κ2) is 4.69. The van der Waals surface area contributed by atoms with Crippen LogP contribution in [0, 0.1) is 5.92 Å². The maximum absolute atomic E-state index is 6.13. The fourth-order valence-corrected chi connectivity index (χ4v) is 3.33. The van der Waals surface area contributed by atoms with E-state index in [-0.39, 0.29) is 0 Å². The number of likely N-dealkylation sites (tertiary alicyclic amines) is 1. The van der Waals surface area contributed by atoms with Gasteiger partial charge in [0.05, 0.1) is 11.0 Å². The zero-order valence-electron chi connectivity index (χ0n) is 11.3. The Kier molecular flexibility index (Phi) is 3.15. The van der Waals surface area contributed by atoms with E-state index in [1.54, 1.807) is 0 Å². The lowest BCUT2D eigenvalue weighted by Gasteiger charge is -2.36. The predicted octanol–water partition coefficient (Wildman–Crippen LogP) is 2.78. The van der Waals surface area contributed by atoms with E-state index in [9.17, 15) is 0 Å². The van der Waals surface area contributed by atoms with E-state index >= 15 is 0 Å². The molecule has 1 saturated heterocycles. The second-order valence-electron chi connectivity index (χ2n) is 5.57. The lowest BCUT2D eigenvalue weighted by atomic mass is 9.94. The van der Waals surface area contributed by atoms with Crippen LogP contribution in [0.4, 0.5) is 5.95 Å². The molecule has 1 aliphatic rings. The fourth-order valence-electron chi connectivity index (χ4n) is 3.16. The van der Waals surface area contributed by atoms with Crippen molar-refractivity contribution < 1.29 is 0 Å². The number of nitrogens with zero attached hydrogens (tertiary/aromatic N) is 3. The third-order valence-electron chi connectivity index (χ3n) is 4.07. The van der Waals surface area contributed by atoms with Crippen LogP contribution in [-0.4, -0.2) is 34.6 Å². The van der Waals surface area contributed by atoms with E-state index in [1.165, 1.54) is 0 Å². The molecule has 2 aromatic rings. The highest BCUT2D eigenvalue weighted by Crippen LogP contribution is 2.33. The molecule has 2 N–H and O–H groups in total. The molecule has 102 valence electrons. The number of nitrogens with two attached hydrogens (primary N) is 1. The molecular formula is C14H19ClN4. The molecule has 4 nitrogen and oxygen atoms in total. The van der Waals surface area contributed by atoms with Gasteiger partial charge in [0.1, 0.15) is 0 Å². The Hall–Kier alpha value is -1.26. The van der Waals surface area contributed by atoms with Crippen molar-refractivity contribution in [3.05, 3.63) is 23.2 Å². The molecular weight excluding hydrogens is 260 g/mol. The second-order valence-corrected chi connectivity index (χ2v) is 6.01. The van der Waals surface area contributed by atoms with Crippen LogP contribution in [0.15, 0.2) is 18.2 Å². The van der Waals surface area contributed by atoms with Crippen LogP contribution >= 0.6 is 11.6 Å². The topological polar surface area (TPSA) is 47.1 Å². The minimum absolute atomic E-state index is 0.419. The normalized spacial score (nSPS) is 25.0. The number of fused-ring (bicyclic) bond motifs is 1. The van der Waals surface area contributed by atoms with Gasteiger partial charge < -0.3 is 15.2 Å². The first kappa shape index (κ1) is 12.8. The van der Waals surface area contributed by atoms with Crippen molar-refractivity contribution in [2.45, 2.75) is 19.4 Å². The quantitative estimate of drug-likeness (QED) is 0.873. The molecule has 0 radical (unpaired) electrons. The lowest BCUT2D eigenvalue weighted by Crippen LogP contribution is -2.38. The molecule has 2 unspecified atom stereocenters. The molecule has 0 bridgehead atoms. The summed E-state index contributed by atoms with van der Waals surface area (Å²) in [5.74, 6) is 1.16. The molecule has 3 rings (SSSR count). The van der Waals surface area contributed by atoms with Crippen molar-refractivity contribution in [3.63, 3.8) is 0 Å². The Balaban J connectivity index is 2.07. The molecule has 1 aliphatic heterocycles. The monoisotopic (exact) mass is 278 g/mol. The maximum atomic E-state index is 6.13. The third-order valence-corrected chi connectivity index (χ3v) is 4.31. The maximum Gasteiger partial charge on any atom is 0.201 e. The van der Waals surface area contributed by atoms with Gasteiger partial charge in [-0.25, -0.2) is 4.98 Å². The predicted molar refractivity (Wildman–Crippen MR) is 79.5 cm³/mol. The van der Waals surface area contributed by atoms with Crippen LogP contribution in [0.1, 0.15) is 19.4 Å². The average Bonchev–Trinajstić information content (AvgIpc) is 2.65. The van der Waals surface area contributed by atoms with Crippen molar-refractivity contribution in [1.29, 1.82) is 0 Å². The van der Waals surface area contributed by atoms with E-state index in [0.29, 0.717) is 22.9 Å². The van der Waals surface area contributed by atoms with Crippen molar-refractivity contribution >= 4 is 28.6 Å². The summed E-state index contributed by atoms with van der Waals surface area (Å²) in [5, 5.41) is 0.702. The Labute approximate surface area is 118 Å². The molecule has 1 aromatic heterocycles. The largest absolute Gasteiger partial charge is 0.369 e.